The average Bonchev–Trinajstić information content (AvgIpc) is 3.29. The SMILES string of the molecule is Cn1cc(CNCC2CCN(c3ncc(C(=O)COCc4ccc(B(O)O)cc4)cn3)CC2)c2ccccc21. The minimum atomic E-state index is -1.50. The Labute approximate surface area is 228 Å². The number of hydrogen-bond donors (Lipinski definition) is 3. The van der Waals surface area contributed by atoms with Gasteiger partial charge in [0.25, 0.3) is 0 Å². The van der Waals surface area contributed by atoms with Crippen molar-refractivity contribution in [3.05, 3.63) is 83.8 Å². The number of nitrogens with one attached hydrogen (secondary N) is 1. The van der Waals surface area contributed by atoms with Crippen molar-refractivity contribution in [2.75, 3.05) is 31.1 Å². The number of ether oxygens (including phenoxy) is 1. The normalized spacial score (nSPS) is 14.2. The molecule has 0 spiro atoms. The van der Waals surface area contributed by atoms with Crippen molar-refractivity contribution in [3.8, 4) is 0 Å². The Morgan fingerprint density at radius 2 is 1.79 bits per heavy atom. The standard InChI is InChI=1S/C29H34BN5O4/c1-34-18-24(26-4-2-3-5-27(26)34)15-31-14-21-10-12-35(13-11-21)29-32-16-23(17-33-29)28(36)20-39-19-22-6-8-25(9-7-22)30(37)38/h2-9,16-18,21,31,37-38H,10-15,19-20H2,1H3. The van der Waals surface area contributed by atoms with E-state index in [9.17, 15) is 4.79 Å². The predicted octanol–water partition coefficient (Wildman–Crippen LogP) is 2.05. The lowest BCUT2D eigenvalue weighted by atomic mass is 9.80. The van der Waals surface area contributed by atoms with E-state index in [-0.39, 0.29) is 19.0 Å². The number of fused-ring (bicyclic) bond motifs is 1. The summed E-state index contributed by atoms with van der Waals surface area (Å²) in [5.41, 5.74) is 4.26. The maximum Gasteiger partial charge on any atom is 0.488 e. The van der Waals surface area contributed by atoms with E-state index >= 15 is 0 Å². The summed E-state index contributed by atoms with van der Waals surface area (Å²) in [7, 11) is 0.591. The fourth-order valence-electron chi connectivity index (χ4n) is 5.07. The molecule has 0 bridgehead atoms. The molecule has 1 aliphatic rings. The van der Waals surface area contributed by atoms with E-state index in [2.05, 4.69) is 62.3 Å². The third kappa shape index (κ3) is 6.72. The molecule has 3 heterocycles. The molecule has 39 heavy (non-hydrogen) atoms. The molecule has 0 unspecified atom stereocenters. The molecule has 0 saturated carbocycles. The summed E-state index contributed by atoms with van der Waals surface area (Å²) >= 11 is 0. The van der Waals surface area contributed by atoms with Crippen molar-refractivity contribution < 1.29 is 19.6 Å². The lowest BCUT2D eigenvalue weighted by Gasteiger charge is -2.32. The molecule has 0 amide bonds. The monoisotopic (exact) mass is 527 g/mol. The molecular formula is C29H34BN5O4. The van der Waals surface area contributed by atoms with E-state index in [4.69, 9.17) is 14.8 Å². The number of piperidine rings is 1. The second-order valence-electron chi connectivity index (χ2n) is 10.1. The van der Waals surface area contributed by atoms with Crippen LogP contribution in [0.2, 0.25) is 0 Å². The topological polar surface area (TPSA) is 113 Å². The van der Waals surface area contributed by atoms with Crippen LogP contribution in [-0.2, 0) is 24.9 Å². The summed E-state index contributed by atoms with van der Waals surface area (Å²) in [5.74, 6) is 1.08. The fraction of sp³-hybridized carbons (Fsp3) is 0.345. The molecule has 1 saturated heterocycles. The number of rotatable bonds is 11. The van der Waals surface area contributed by atoms with Crippen LogP contribution in [0, 0.1) is 5.92 Å². The van der Waals surface area contributed by atoms with Gasteiger partial charge in [0, 0.05) is 56.2 Å². The van der Waals surface area contributed by atoms with Crippen molar-refractivity contribution in [1.29, 1.82) is 0 Å². The third-order valence-electron chi connectivity index (χ3n) is 7.37. The van der Waals surface area contributed by atoms with Crippen molar-refractivity contribution in [2.24, 2.45) is 13.0 Å². The molecule has 9 nitrogen and oxygen atoms in total. The first-order valence-electron chi connectivity index (χ1n) is 13.3. The Kier molecular flexibility index (Phi) is 8.68. The summed E-state index contributed by atoms with van der Waals surface area (Å²) in [6, 6.07) is 15.2. The summed E-state index contributed by atoms with van der Waals surface area (Å²) < 4.78 is 7.71. The highest BCUT2D eigenvalue weighted by molar-refractivity contribution is 6.58. The summed E-state index contributed by atoms with van der Waals surface area (Å²) in [4.78, 5) is 23.6. The van der Waals surface area contributed by atoms with Gasteiger partial charge in [0.15, 0.2) is 5.78 Å². The first-order valence-corrected chi connectivity index (χ1v) is 13.3. The van der Waals surface area contributed by atoms with Gasteiger partial charge in [0.05, 0.1) is 12.2 Å². The predicted molar refractivity (Wildman–Crippen MR) is 152 cm³/mol. The van der Waals surface area contributed by atoms with Gasteiger partial charge in [0.2, 0.25) is 5.95 Å². The van der Waals surface area contributed by atoms with Crippen LogP contribution in [0.1, 0.15) is 34.3 Å². The largest absolute Gasteiger partial charge is 0.488 e. The van der Waals surface area contributed by atoms with Crippen LogP contribution in [0.25, 0.3) is 10.9 Å². The molecule has 1 fully saturated rings. The number of anilines is 1. The first-order chi connectivity index (χ1) is 19.0. The minimum Gasteiger partial charge on any atom is -0.423 e. The number of aromatic nitrogens is 3. The third-order valence-corrected chi connectivity index (χ3v) is 7.37. The second kappa shape index (κ2) is 12.5. The first kappa shape index (κ1) is 27.0. The van der Waals surface area contributed by atoms with E-state index in [1.807, 2.05) is 0 Å². The van der Waals surface area contributed by atoms with Gasteiger partial charge in [-0.25, -0.2) is 9.97 Å². The molecule has 2 aromatic carbocycles. The fourth-order valence-corrected chi connectivity index (χ4v) is 5.07. The quantitative estimate of drug-likeness (QED) is 0.201. The molecule has 0 atom stereocenters. The zero-order valence-electron chi connectivity index (χ0n) is 22.2. The zero-order chi connectivity index (χ0) is 27.2. The van der Waals surface area contributed by atoms with Gasteiger partial charge < -0.3 is 29.6 Å². The van der Waals surface area contributed by atoms with Crippen molar-refractivity contribution >= 4 is 35.2 Å². The summed E-state index contributed by atoms with van der Waals surface area (Å²) in [6.07, 6.45) is 7.49. The highest BCUT2D eigenvalue weighted by atomic mass is 16.5. The lowest BCUT2D eigenvalue weighted by molar-refractivity contribution is 0.0726. The lowest BCUT2D eigenvalue weighted by Crippen LogP contribution is -2.38. The molecule has 10 heteroatoms. The van der Waals surface area contributed by atoms with Crippen LogP contribution in [-0.4, -0.2) is 63.7 Å². The Morgan fingerprint density at radius 1 is 1.08 bits per heavy atom. The van der Waals surface area contributed by atoms with Gasteiger partial charge in [-0.15, -0.1) is 0 Å². The van der Waals surface area contributed by atoms with Crippen LogP contribution in [0.15, 0.2) is 67.1 Å². The number of ketones is 1. The Bertz CT molecular complexity index is 1380. The van der Waals surface area contributed by atoms with Gasteiger partial charge in [-0.3, -0.25) is 4.79 Å². The Balaban J connectivity index is 1.03. The molecule has 2 aromatic heterocycles. The van der Waals surface area contributed by atoms with Crippen LogP contribution in [0.3, 0.4) is 0 Å². The van der Waals surface area contributed by atoms with Crippen molar-refractivity contribution in [1.82, 2.24) is 19.9 Å². The number of aryl methyl sites for hydroxylation is 1. The maximum atomic E-state index is 12.5. The second-order valence-corrected chi connectivity index (χ2v) is 10.1. The Morgan fingerprint density at radius 3 is 2.51 bits per heavy atom. The Hall–Kier alpha value is -3.57. The van der Waals surface area contributed by atoms with Gasteiger partial charge in [-0.05, 0) is 48.0 Å². The maximum absolute atomic E-state index is 12.5. The zero-order valence-corrected chi connectivity index (χ0v) is 22.2. The number of hydrogen-bond acceptors (Lipinski definition) is 8. The van der Waals surface area contributed by atoms with Crippen LogP contribution in [0.4, 0.5) is 5.95 Å². The number of carbonyl (C=O) groups is 1. The number of para-hydroxylation sites is 1. The van der Waals surface area contributed by atoms with Gasteiger partial charge in [-0.2, -0.15) is 0 Å². The molecule has 3 N–H and O–H groups in total. The van der Waals surface area contributed by atoms with Gasteiger partial charge in [-0.1, -0.05) is 42.5 Å². The van der Waals surface area contributed by atoms with Crippen LogP contribution < -0.4 is 15.7 Å². The number of benzene rings is 2. The molecule has 0 aliphatic carbocycles. The highest BCUT2D eigenvalue weighted by Gasteiger charge is 2.21. The number of carbonyl (C=O) groups excluding carboxylic acids is 1. The summed E-state index contributed by atoms with van der Waals surface area (Å²) in [6.45, 7) is 3.80. The van der Waals surface area contributed by atoms with Crippen LogP contribution in [0.5, 0.6) is 0 Å². The van der Waals surface area contributed by atoms with E-state index in [0.717, 1.165) is 44.6 Å². The average molecular weight is 527 g/mol. The van der Waals surface area contributed by atoms with Crippen LogP contribution >= 0.6 is 0 Å². The number of nitrogens with zero attached hydrogens (tertiary/aromatic N) is 4. The smallest absolute Gasteiger partial charge is 0.423 e. The van der Waals surface area contributed by atoms with Gasteiger partial charge >= 0.3 is 7.12 Å². The van der Waals surface area contributed by atoms with E-state index in [1.54, 1.807) is 36.7 Å². The minimum absolute atomic E-state index is 0.0791. The molecule has 1 aliphatic heterocycles. The molecule has 202 valence electrons. The van der Waals surface area contributed by atoms with Crippen molar-refractivity contribution in [3.63, 3.8) is 0 Å². The molecule has 0 radical (unpaired) electrons. The highest BCUT2D eigenvalue weighted by Crippen LogP contribution is 2.22. The van der Waals surface area contributed by atoms with E-state index < -0.39 is 7.12 Å². The molecule has 5 rings (SSSR count). The van der Waals surface area contributed by atoms with Gasteiger partial charge in [0.1, 0.15) is 6.61 Å². The van der Waals surface area contributed by atoms with Crippen molar-refractivity contribution in [2.45, 2.75) is 26.0 Å². The molecular weight excluding hydrogens is 493 g/mol. The summed E-state index contributed by atoms with van der Waals surface area (Å²) in [5, 5.41) is 23.3. The van der Waals surface area contributed by atoms with E-state index in [1.165, 1.54) is 16.5 Å². The number of Topliss-reactive ketones (excluding diaryl/α,β-unsaturated/α-hetero) is 1. The molecule has 4 aromatic rings. The van der Waals surface area contributed by atoms with E-state index in [0.29, 0.717) is 22.9 Å².